The van der Waals surface area contributed by atoms with Gasteiger partial charge in [-0.3, -0.25) is 0 Å². The monoisotopic (exact) mass is 194 g/mol. The van der Waals surface area contributed by atoms with E-state index in [2.05, 4.69) is 10.6 Å². The third-order valence-corrected chi connectivity index (χ3v) is 1.63. The van der Waals surface area contributed by atoms with Crippen molar-refractivity contribution in [1.29, 1.82) is 0 Å². The minimum absolute atomic E-state index is 0.0658. The van der Waals surface area contributed by atoms with E-state index in [0.29, 0.717) is 0 Å². The van der Waals surface area contributed by atoms with Crippen molar-refractivity contribution in [1.82, 2.24) is 5.32 Å². The number of carbonyl (C=O) groups is 2. The first-order valence-electron chi connectivity index (χ1n) is 3.96. The van der Waals surface area contributed by atoms with E-state index in [0.717, 1.165) is 0 Å². The molecule has 0 bridgehead atoms. The molecule has 0 unspecified atom stereocenters. The molecular weight excluding hydrogens is 184 g/mol. The molecule has 0 fully saturated rings. The summed E-state index contributed by atoms with van der Waals surface area (Å²) >= 11 is 0. The highest BCUT2D eigenvalue weighted by atomic mass is 16.4. The molecule has 0 aliphatic heterocycles. The zero-order valence-electron chi connectivity index (χ0n) is 7.57. The maximum Gasteiger partial charge on any atom is 0.337 e. The van der Waals surface area contributed by atoms with Crippen LogP contribution in [0.3, 0.4) is 0 Å². The average molecular weight is 194 g/mol. The lowest BCUT2D eigenvalue weighted by molar-refractivity contribution is 0.0698. The van der Waals surface area contributed by atoms with Crippen molar-refractivity contribution in [3.63, 3.8) is 0 Å². The van der Waals surface area contributed by atoms with Gasteiger partial charge in [0, 0.05) is 7.05 Å². The summed E-state index contributed by atoms with van der Waals surface area (Å²) in [5.41, 5.74) is 0.343. The Balaban J connectivity index is 2.95. The van der Waals surface area contributed by atoms with E-state index in [1.54, 1.807) is 12.1 Å². The van der Waals surface area contributed by atoms with Gasteiger partial charge in [0.05, 0.1) is 11.3 Å². The van der Waals surface area contributed by atoms with Gasteiger partial charge in [-0.25, -0.2) is 9.59 Å². The molecule has 3 N–H and O–H groups in total. The summed E-state index contributed by atoms with van der Waals surface area (Å²) in [6.07, 6.45) is 0. The fourth-order valence-electron chi connectivity index (χ4n) is 0.963. The molecule has 0 aromatic heterocycles. The fourth-order valence-corrected chi connectivity index (χ4v) is 0.963. The van der Waals surface area contributed by atoms with Gasteiger partial charge in [0.2, 0.25) is 0 Å². The predicted octanol–water partition coefficient (Wildman–Crippen LogP) is 1.14. The van der Waals surface area contributed by atoms with Gasteiger partial charge in [-0.2, -0.15) is 0 Å². The molecule has 1 aromatic carbocycles. The zero-order chi connectivity index (χ0) is 10.6. The van der Waals surface area contributed by atoms with Crippen molar-refractivity contribution in [2.24, 2.45) is 0 Å². The van der Waals surface area contributed by atoms with Crippen LogP contribution in [0, 0.1) is 0 Å². The number of amides is 2. The molecule has 1 rings (SSSR count). The van der Waals surface area contributed by atoms with Crippen LogP contribution < -0.4 is 10.6 Å². The number of nitrogens with one attached hydrogen (secondary N) is 2. The first-order valence-corrected chi connectivity index (χ1v) is 3.96. The molecule has 5 nitrogen and oxygen atoms in total. The van der Waals surface area contributed by atoms with Crippen molar-refractivity contribution in [3.05, 3.63) is 29.8 Å². The molecule has 74 valence electrons. The van der Waals surface area contributed by atoms with Crippen molar-refractivity contribution >= 4 is 17.7 Å². The number of hydrogen-bond acceptors (Lipinski definition) is 2. The van der Waals surface area contributed by atoms with Crippen molar-refractivity contribution in [2.45, 2.75) is 0 Å². The van der Waals surface area contributed by atoms with E-state index in [4.69, 9.17) is 5.11 Å². The second-order valence-corrected chi connectivity index (χ2v) is 2.55. The van der Waals surface area contributed by atoms with E-state index in [9.17, 15) is 9.59 Å². The summed E-state index contributed by atoms with van der Waals surface area (Å²) in [5, 5.41) is 13.5. The van der Waals surface area contributed by atoms with Crippen molar-refractivity contribution < 1.29 is 14.7 Å². The summed E-state index contributed by atoms with van der Waals surface area (Å²) < 4.78 is 0. The number of hydrogen-bond donors (Lipinski definition) is 3. The number of urea groups is 1. The molecule has 5 heteroatoms. The highest BCUT2D eigenvalue weighted by Crippen LogP contribution is 2.14. The second-order valence-electron chi connectivity index (χ2n) is 2.55. The van der Waals surface area contributed by atoms with Gasteiger partial charge in [-0.05, 0) is 12.1 Å². The Labute approximate surface area is 80.7 Å². The largest absolute Gasteiger partial charge is 0.478 e. The smallest absolute Gasteiger partial charge is 0.337 e. The number of rotatable bonds is 2. The Kier molecular flexibility index (Phi) is 3.06. The number of anilines is 1. The molecular formula is C9H10N2O3. The minimum Gasteiger partial charge on any atom is -0.478 e. The molecule has 0 spiro atoms. The van der Waals surface area contributed by atoms with Crippen molar-refractivity contribution in [2.75, 3.05) is 12.4 Å². The molecule has 0 saturated heterocycles. The molecule has 0 heterocycles. The summed E-state index contributed by atoms with van der Waals surface area (Å²) in [5.74, 6) is -1.07. The standard InChI is InChI=1S/C9H10N2O3/c1-10-9(14)11-7-5-3-2-4-6(7)8(12)13/h2-5H,1H3,(H,12,13)(H2,10,11,14). The SMILES string of the molecule is CNC(=O)Nc1ccccc1C(=O)O. The van der Waals surface area contributed by atoms with Crippen LogP contribution in [0.4, 0.5) is 10.5 Å². The van der Waals surface area contributed by atoms with E-state index in [-0.39, 0.29) is 11.3 Å². The van der Waals surface area contributed by atoms with Gasteiger partial charge >= 0.3 is 12.0 Å². The van der Waals surface area contributed by atoms with Crippen LogP contribution in [-0.4, -0.2) is 24.2 Å². The molecule has 0 aliphatic carbocycles. The summed E-state index contributed by atoms with van der Waals surface area (Å²) in [7, 11) is 1.46. The van der Waals surface area contributed by atoms with Gasteiger partial charge in [-0.15, -0.1) is 0 Å². The van der Waals surface area contributed by atoms with Crippen molar-refractivity contribution in [3.8, 4) is 0 Å². The van der Waals surface area contributed by atoms with E-state index in [1.807, 2.05) is 0 Å². The van der Waals surface area contributed by atoms with Crippen LogP contribution in [0.5, 0.6) is 0 Å². The lowest BCUT2D eigenvalue weighted by Crippen LogP contribution is -2.25. The van der Waals surface area contributed by atoms with Crippen LogP contribution in [-0.2, 0) is 0 Å². The fraction of sp³-hybridized carbons (Fsp3) is 0.111. The average Bonchev–Trinajstić information content (AvgIpc) is 2.18. The Morgan fingerprint density at radius 3 is 2.50 bits per heavy atom. The summed E-state index contributed by atoms with van der Waals surface area (Å²) in [6.45, 7) is 0. The lowest BCUT2D eigenvalue weighted by atomic mass is 10.2. The maximum absolute atomic E-state index is 10.9. The molecule has 2 amide bonds. The van der Waals surface area contributed by atoms with Crippen LogP contribution in [0.25, 0.3) is 0 Å². The number of carboxylic acids is 1. The highest BCUT2D eigenvalue weighted by molar-refractivity contribution is 5.99. The van der Waals surface area contributed by atoms with Gasteiger partial charge in [0.1, 0.15) is 0 Å². The third kappa shape index (κ3) is 2.22. The first-order chi connectivity index (χ1) is 6.65. The highest BCUT2D eigenvalue weighted by Gasteiger charge is 2.09. The maximum atomic E-state index is 10.9. The predicted molar refractivity (Wildman–Crippen MR) is 51.5 cm³/mol. The van der Waals surface area contributed by atoms with E-state index < -0.39 is 12.0 Å². The Morgan fingerprint density at radius 2 is 1.93 bits per heavy atom. The Hall–Kier alpha value is -2.04. The number of aromatic carboxylic acids is 1. The van der Waals surface area contributed by atoms with Gasteiger partial charge < -0.3 is 15.7 Å². The van der Waals surface area contributed by atoms with Crippen LogP contribution >= 0.6 is 0 Å². The minimum atomic E-state index is -1.07. The van der Waals surface area contributed by atoms with E-state index in [1.165, 1.54) is 19.2 Å². The van der Waals surface area contributed by atoms with Crippen LogP contribution in [0.15, 0.2) is 24.3 Å². The molecule has 0 atom stereocenters. The molecule has 0 radical (unpaired) electrons. The zero-order valence-corrected chi connectivity index (χ0v) is 7.57. The van der Waals surface area contributed by atoms with Crippen LogP contribution in [0.1, 0.15) is 10.4 Å². The number of para-hydroxylation sites is 1. The second kappa shape index (κ2) is 4.27. The van der Waals surface area contributed by atoms with E-state index >= 15 is 0 Å². The van der Waals surface area contributed by atoms with Gasteiger partial charge in [-0.1, -0.05) is 12.1 Å². The number of benzene rings is 1. The van der Waals surface area contributed by atoms with Crippen LogP contribution in [0.2, 0.25) is 0 Å². The molecule has 1 aromatic rings. The number of carbonyl (C=O) groups excluding carboxylic acids is 1. The molecule has 0 saturated carbocycles. The Bertz CT molecular complexity index is 363. The summed E-state index contributed by atoms with van der Waals surface area (Å²) in [6, 6.07) is 5.75. The topological polar surface area (TPSA) is 78.4 Å². The molecule has 0 aliphatic rings. The normalized spacial score (nSPS) is 9.21. The van der Waals surface area contributed by atoms with Gasteiger partial charge in [0.25, 0.3) is 0 Å². The lowest BCUT2D eigenvalue weighted by Gasteiger charge is -2.06. The summed E-state index contributed by atoms with van der Waals surface area (Å²) in [4.78, 5) is 21.7. The van der Waals surface area contributed by atoms with Gasteiger partial charge in [0.15, 0.2) is 0 Å². The number of carboxylic acid groups (broad SMARTS) is 1. The third-order valence-electron chi connectivity index (χ3n) is 1.63. The Morgan fingerprint density at radius 1 is 1.29 bits per heavy atom. The first kappa shape index (κ1) is 10.0. The molecule has 14 heavy (non-hydrogen) atoms. The quantitative estimate of drug-likeness (QED) is 0.660.